The van der Waals surface area contributed by atoms with E-state index in [2.05, 4.69) is 25.8 Å². The first kappa shape index (κ1) is 11.0. The molecule has 86 valence electrons. The minimum absolute atomic E-state index is 0.0305. The van der Waals surface area contributed by atoms with Crippen LogP contribution in [0.4, 0.5) is 4.39 Å². The normalized spacial score (nSPS) is 12.1. The molecule has 0 aliphatic rings. The van der Waals surface area contributed by atoms with Gasteiger partial charge in [-0.15, -0.1) is 0 Å². The van der Waals surface area contributed by atoms with E-state index >= 15 is 0 Å². The zero-order valence-corrected chi connectivity index (χ0v) is 10.0. The van der Waals surface area contributed by atoms with E-state index in [0.717, 1.165) is 16.6 Å². The van der Waals surface area contributed by atoms with Crippen LogP contribution < -0.4 is 4.74 Å². The molecule has 0 radical (unpaired) electrons. The van der Waals surface area contributed by atoms with Crippen molar-refractivity contribution in [2.45, 2.75) is 26.2 Å². The highest BCUT2D eigenvalue weighted by Crippen LogP contribution is 2.29. The summed E-state index contributed by atoms with van der Waals surface area (Å²) in [4.78, 5) is 3.29. The molecular weight excluding hydrogens is 205 g/mol. The average Bonchev–Trinajstić information content (AvgIpc) is 2.58. The summed E-state index contributed by atoms with van der Waals surface area (Å²) in [7, 11) is 1.47. The maximum absolute atomic E-state index is 13.5. The van der Waals surface area contributed by atoms with Gasteiger partial charge < -0.3 is 9.72 Å². The zero-order valence-electron chi connectivity index (χ0n) is 10.0. The molecular formula is C13H16FNO. The lowest BCUT2D eigenvalue weighted by Crippen LogP contribution is -2.10. The first-order valence-electron chi connectivity index (χ1n) is 5.28. The van der Waals surface area contributed by atoms with Crippen molar-refractivity contribution in [1.29, 1.82) is 0 Å². The summed E-state index contributed by atoms with van der Waals surface area (Å²) in [6, 6.07) is 5.18. The minimum Gasteiger partial charge on any atom is -0.494 e. The number of ether oxygens (including phenoxy) is 1. The molecule has 1 aromatic carbocycles. The Kier molecular flexibility index (Phi) is 2.41. The van der Waals surface area contributed by atoms with Crippen molar-refractivity contribution in [2.75, 3.05) is 7.11 Å². The Balaban J connectivity index is 2.63. The largest absolute Gasteiger partial charge is 0.494 e. The molecule has 16 heavy (non-hydrogen) atoms. The predicted octanol–water partition coefficient (Wildman–Crippen LogP) is 3.61. The fourth-order valence-electron chi connectivity index (χ4n) is 1.69. The number of methoxy groups -OCH3 is 1. The molecule has 3 heteroatoms. The third-order valence-corrected chi connectivity index (χ3v) is 2.70. The molecule has 0 saturated carbocycles. The lowest BCUT2D eigenvalue weighted by molar-refractivity contribution is 0.387. The summed E-state index contributed by atoms with van der Waals surface area (Å²) < 4.78 is 18.4. The van der Waals surface area contributed by atoms with Gasteiger partial charge in [-0.1, -0.05) is 20.8 Å². The molecule has 1 N–H and O–H groups in total. The molecule has 0 atom stereocenters. The van der Waals surface area contributed by atoms with E-state index in [4.69, 9.17) is 4.74 Å². The van der Waals surface area contributed by atoms with Gasteiger partial charge in [0.15, 0.2) is 11.6 Å². The third-order valence-electron chi connectivity index (χ3n) is 2.70. The molecule has 0 spiro atoms. The number of aromatic nitrogens is 1. The monoisotopic (exact) mass is 221 g/mol. The molecule has 0 aliphatic heterocycles. The van der Waals surface area contributed by atoms with Crippen LogP contribution in [-0.4, -0.2) is 12.1 Å². The Morgan fingerprint density at radius 1 is 1.19 bits per heavy atom. The van der Waals surface area contributed by atoms with Crippen LogP contribution >= 0.6 is 0 Å². The van der Waals surface area contributed by atoms with Crippen LogP contribution in [-0.2, 0) is 5.41 Å². The van der Waals surface area contributed by atoms with Crippen molar-refractivity contribution < 1.29 is 9.13 Å². The molecule has 0 saturated heterocycles. The summed E-state index contributed by atoms with van der Waals surface area (Å²) >= 11 is 0. The SMILES string of the molecule is COc1cc2[nH]c(C(C)(C)C)cc2cc1F. The minimum atomic E-state index is -0.325. The lowest BCUT2D eigenvalue weighted by Gasteiger charge is -2.15. The number of hydrogen-bond acceptors (Lipinski definition) is 1. The van der Waals surface area contributed by atoms with Crippen LogP contribution in [0.3, 0.4) is 0 Å². The molecule has 2 rings (SSSR count). The highest BCUT2D eigenvalue weighted by atomic mass is 19.1. The van der Waals surface area contributed by atoms with Crippen molar-refractivity contribution >= 4 is 10.9 Å². The van der Waals surface area contributed by atoms with E-state index in [0.29, 0.717) is 0 Å². The zero-order chi connectivity index (χ0) is 11.9. The highest BCUT2D eigenvalue weighted by molar-refractivity contribution is 5.82. The summed E-state index contributed by atoms with van der Waals surface area (Å²) in [5.41, 5.74) is 2.03. The van der Waals surface area contributed by atoms with Gasteiger partial charge in [0.1, 0.15) is 0 Å². The summed E-state index contributed by atoms with van der Waals surface area (Å²) in [5.74, 6) is -0.0516. The smallest absolute Gasteiger partial charge is 0.165 e. The molecule has 0 aliphatic carbocycles. The van der Waals surface area contributed by atoms with Gasteiger partial charge in [0, 0.05) is 28.1 Å². The van der Waals surface area contributed by atoms with Crippen LogP contribution in [0.25, 0.3) is 10.9 Å². The van der Waals surface area contributed by atoms with Gasteiger partial charge in [-0.05, 0) is 12.1 Å². The summed E-state index contributed by atoms with van der Waals surface area (Å²) in [6.45, 7) is 6.35. The highest BCUT2D eigenvalue weighted by Gasteiger charge is 2.17. The van der Waals surface area contributed by atoms with Crippen LogP contribution in [0, 0.1) is 5.82 Å². The number of benzene rings is 1. The predicted molar refractivity (Wildman–Crippen MR) is 63.5 cm³/mol. The van der Waals surface area contributed by atoms with Crippen LogP contribution in [0.5, 0.6) is 5.75 Å². The van der Waals surface area contributed by atoms with Crippen molar-refractivity contribution in [3.63, 3.8) is 0 Å². The van der Waals surface area contributed by atoms with Crippen molar-refractivity contribution in [3.8, 4) is 5.75 Å². The second-order valence-corrected chi connectivity index (χ2v) is 5.01. The van der Waals surface area contributed by atoms with E-state index in [9.17, 15) is 4.39 Å². The van der Waals surface area contributed by atoms with E-state index < -0.39 is 0 Å². The Labute approximate surface area is 94.4 Å². The van der Waals surface area contributed by atoms with Crippen LogP contribution in [0.2, 0.25) is 0 Å². The fourth-order valence-corrected chi connectivity index (χ4v) is 1.69. The van der Waals surface area contributed by atoms with Gasteiger partial charge in [0.2, 0.25) is 0 Å². The lowest BCUT2D eigenvalue weighted by atomic mass is 9.92. The molecule has 0 fully saturated rings. The van der Waals surface area contributed by atoms with Gasteiger partial charge in [0.05, 0.1) is 7.11 Å². The average molecular weight is 221 g/mol. The maximum atomic E-state index is 13.5. The maximum Gasteiger partial charge on any atom is 0.165 e. The van der Waals surface area contributed by atoms with Crippen molar-refractivity contribution in [2.24, 2.45) is 0 Å². The Morgan fingerprint density at radius 2 is 1.88 bits per heavy atom. The van der Waals surface area contributed by atoms with Crippen molar-refractivity contribution in [3.05, 3.63) is 29.7 Å². The second kappa shape index (κ2) is 3.51. The van der Waals surface area contributed by atoms with Gasteiger partial charge >= 0.3 is 0 Å². The molecule has 2 aromatic rings. The van der Waals surface area contributed by atoms with E-state index in [1.54, 1.807) is 6.07 Å². The van der Waals surface area contributed by atoms with Gasteiger partial charge in [-0.25, -0.2) is 4.39 Å². The van der Waals surface area contributed by atoms with Crippen LogP contribution in [0.15, 0.2) is 18.2 Å². The van der Waals surface area contributed by atoms with Gasteiger partial charge in [-0.3, -0.25) is 0 Å². The Morgan fingerprint density at radius 3 is 2.44 bits per heavy atom. The summed E-state index contributed by atoms with van der Waals surface area (Å²) in [5, 5.41) is 0.878. The molecule has 0 bridgehead atoms. The number of H-pyrrole nitrogens is 1. The molecule has 2 nitrogen and oxygen atoms in total. The standard InChI is InChI=1S/C13H16FNO/c1-13(2,3)12-6-8-5-9(14)11(16-4)7-10(8)15-12/h5-7,15H,1-4H3. The summed E-state index contributed by atoms with van der Waals surface area (Å²) in [6.07, 6.45) is 0. The fraction of sp³-hybridized carbons (Fsp3) is 0.385. The number of hydrogen-bond donors (Lipinski definition) is 1. The van der Waals surface area contributed by atoms with Gasteiger partial charge in [-0.2, -0.15) is 0 Å². The third kappa shape index (κ3) is 1.77. The first-order chi connectivity index (χ1) is 7.41. The van der Waals surface area contributed by atoms with Crippen LogP contribution in [0.1, 0.15) is 26.5 Å². The Bertz CT molecular complexity index is 522. The Hall–Kier alpha value is -1.51. The van der Waals surface area contributed by atoms with Gasteiger partial charge in [0.25, 0.3) is 0 Å². The number of aromatic amines is 1. The molecule has 1 heterocycles. The topological polar surface area (TPSA) is 25.0 Å². The van der Waals surface area contributed by atoms with E-state index in [1.807, 2.05) is 6.07 Å². The first-order valence-corrected chi connectivity index (χ1v) is 5.28. The van der Waals surface area contributed by atoms with E-state index in [-0.39, 0.29) is 17.0 Å². The quantitative estimate of drug-likeness (QED) is 0.781. The number of halogens is 1. The molecule has 0 amide bonds. The molecule has 0 unspecified atom stereocenters. The number of nitrogens with one attached hydrogen (secondary N) is 1. The van der Waals surface area contributed by atoms with Crippen molar-refractivity contribution in [1.82, 2.24) is 4.98 Å². The molecule has 1 aromatic heterocycles. The second-order valence-electron chi connectivity index (χ2n) is 5.01. The van der Waals surface area contributed by atoms with E-state index in [1.165, 1.54) is 13.2 Å². The number of rotatable bonds is 1. The number of fused-ring (bicyclic) bond motifs is 1.